The molecule has 4 amide bonds. The van der Waals surface area contributed by atoms with Gasteiger partial charge in [0, 0.05) is 111 Å². The van der Waals surface area contributed by atoms with Gasteiger partial charge in [0.05, 0.1) is 5.92 Å². The Hall–Kier alpha value is -7.31. The van der Waals surface area contributed by atoms with E-state index in [4.69, 9.17) is 21.4 Å². The molecule has 6 aromatic rings. The fraction of sp³-hybridized carbons (Fsp3) is 0.372. The Morgan fingerprint density at radius 1 is 0.467 bits per heavy atom. The molecule has 0 unspecified atom stereocenters. The maximum atomic E-state index is 12.5. The Morgan fingerprint density at radius 3 is 0.991 bits per heavy atom. The van der Waals surface area contributed by atoms with Gasteiger partial charge < -0.3 is 50.7 Å². The summed E-state index contributed by atoms with van der Waals surface area (Å²) < 4.78 is 5.32. The van der Waals surface area contributed by atoms with Gasteiger partial charge in [-0.2, -0.15) is 0 Å². The number of ether oxygens (including phenoxy) is 1. The third-order valence-corrected chi connectivity index (χ3v) is 20.5. The molecule has 6 aromatic carbocycles. The van der Waals surface area contributed by atoms with Crippen molar-refractivity contribution in [1.29, 1.82) is 0 Å². The number of alkyl carbamates (subject to hydrolysis) is 1. The molecule has 0 radical (unpaired) electrons. The van der Waals surface area contributed by atoms with Crippen LogP contribution < -0.4 is 16.4 Å². The Balaban J connectivity index is 0.000000228. The number of likely N-dealkylation sites (tertiary alicyclic amines) is 5. The van der Waals surface area contributed by atoms with E-state index in [-0.39, 0.29) is 73.5 Å². The molecule has 21 heteroatoms. The molecule has 5 saturated heterocycles. The van der Waals surface area contributed by atoms with Crippen LogP contribution in [0.1, 0.15) is 152 Å². The van der Waals surface area contributed by atoms with Crippen LogP contribution in [0.3, 0.4) is 0 Å². The Labute approximate surface area is 671 Å². The molecule has 107 heavy (non-hydrogen) atoms. The Kier molecular flexibility index (Phi) is 37.2. The van der Waals surface area contributed by atoms with Crippen molar-refractivity contribution in [2.75, 3.05) is 105 Å². The van der Waals surface area contributed by atoms with Crippen molar-refractivity contribution in [3.8, 4) is 0 Å². The van der Waals surface area contributed by atoms with Crippen LogP contribution in [0.25, 0.3) is 53.2 Å². The fourth-order valence-corrected chi connectivity index (χ4v) is 15.0. The van der Waals surface area contributed by atoms with Gasteiger partial charge in [0.1, 0.15) is 5.60 Å². The van der Waals surface area contributed by atoms with E-state index < -0.39 is 11.6 Å². The van der Waals surface area contributed by atoms with E-state index >= 15 is 0 Å². The number of carbonyl (C=O) groups excluding carboxylic acids is 4. The quantitative estimate of drug-likeness (QED) is 0.0519. The minimum absolute atomic E-state index is 0. The molecule has 0 atom stereocenters. The van der Waals surface area contributed by atoms with Gasteiger partial charge in [0.2, 0.25) is 18.7 Å². The number of carboxylic acids is 1. The number of nitrogens with zero attached hydrogens (tertiary/aromatic N) is 5. The van der Waals surface area contributed by atoms with Crippen LogP contribution in [-0.4, -0.2) is 177 Å². The van der Waals surface area contributed by atoms with Crippen LogP contribution in [0, 0.1) is 11.8 Å². The summed E-state index contributed by atoms with van der Waals surface area (Å²) in [6, 6.07) is 52.4. The van der Waals surface area contributed by atoms with Crippen LogP contribution in [0.4, 0.5) is 4.79 Å². The van der Waals surface area contributed by atoms with Crippen molar-refractivity contribution in [2.24, 2.45) is 17.6 Å². The normalized spacial score (nSPS) is 16.7. The van der Waals surface area contributed by atoms with Gasteiger partial charge in [-0.3, -0.25) is 19.2 Å². The van der Waals surface area contributed by atoms with E-state index in [1.165, 1.54) is 121 Å². The average Bonchev–Trinajstić information content (AvgIpc) is 1.74. The topological polar surface area (TPSA) is 181 Å². The molecule has 5 heterocycles. The van der Waals surface area contributed by atoms with Gasteiger partial charge in [-0.15, -0.1) is 49.6 Å². The van der Waals surface area contributed by atoms with Crippen molar-refractivity contribution in [3.63, 3.8) is 0 Å². The van der Waals surface area contributed by atoms with Crippen LogP contribution in [0.15, 0.2) is 162 Å². The number of rotatable bonds is 12. The molecular weight excluding hydrogens is 1610 g/mol. The zero-order valence-electron chi connectivity index (χ0n) is 61.8. The second-order valence-corrected chi connectivity index (χ2v) is 30.5. The number of halogens is 4. The summed E-state index contributed by atoms with van der Waals surface area (Å²) in [6.07, 6.45) is 24.0. The van der Waals surface area contributed by atoms with E-state index in [0.717, 1.165) is 130 Å². The molecule has 0 aromatic heterocycles. The van der Waals surface area contributed by atoms with Gasteiger partial charge in [0.15, 0.2) is 0 Å². The average molecular weight is 1720 g/mol. The van der Waals surface area contributed by atoms with Gasteiger partial charge in [-0.05, 0) is 168 Å². The number of benzene rings is 6. The molecule has 0 bridgehead atoms. The third-order valence-electron chi connectivity index (χ3n) is 20.5. The van der Waals surface area contributed by atoms with Crippen LogP contribution >= 0.6 is 58.2 Å². The molecule has 0 spiro atoms. The molecule has 0 saturated carbocycles. The SMILES string of the molecule is CC(C)(C)OC(=O)NCCN1CCC(=C2c3ccccc3C=Cc3ccccc32)CC1.Cl.Cl.Cl.Cl.NCCN1CCC(=C2c3ccccc3C=Cc3ccccc32)CC1.O=CN1CCC(C(=O)NCCN2CCC(=C3c4ccccc4C=Cc4ccccc43)CC2)CC1.O=CN1CCC(C(=O)O)CC1.[CH-]=[S]=[W]. The first kappa shape index (κ1) is 88.6. The monoisotopic (exact) mass is 1720 g/mol. The number of nitrogens with two attached hydrogens (primary N) is 1. The predicted molar refractivity (Wildman–Crippen MR) is 448 cm³/mol. The van der Waals surface area contributed by atoms with E-state index in [0.29, 0.717) is 52.1 Å². The summed E-state index contributed by atoms with van der Waals surface area (Å²) >= 11 is 1.37. The van der Waals surface area contributed by atoms with E-state index in [9.17, 15) is 24.0 Å². The minimum atomic E-state index is -0.740. The number of carboxylic acid groups (broad SMARTS) is 1. The second-order valence-electron chi connectivity index (χ2n) is 28.3. The first-order chi connectivity index (χ1) is 50.1. The van der Waals surface area contributed by atoms with Crippen molar-refractivity contribution in [2.45, 2.75) is 90.6 Å². The van der Waals surface area contributed by atoms with Gasteiger partial charge in [-0.25, -0.2) is 4.79 Å². The summed E-state index contributed by atoms with van der Waals surface area (Å²) in [6.45, 7) is 19.3. The summed E-state index contributed by atoms with van der Waals surface area (Å²) in [7, 11) is 1.33. The molecule has 5 aliphatic heterocycles. The van der Waals surface area contributed by atoms with Crippen molar-refractivity contribution < 1.29 is 51.8 Å². The maximum absolute atomic E-state index is 12.5. The summed E-state index contributed by atoms with van der Waals surface area (Å²) in [5, 5.41) is 14.6. The number of amides is 4. The standard InChI is InChI=1S/C29H33N3O2.C27H32N2O2.C22H24N2.C7H11NO3.CHS.4ClH.W/c33-21-32-18-13-25(14-19-32)29(34)30-15-20-31-16-11-24(12-17-31)28-26-7-3-1-5-22(26)9-10-23-6-2-4-8-27(23)28;1-27(2,3)31-26(30)28-16-19-29-17-14-22(15-18-29)25-23-10-6-4-8-20(23)12-13-21-9-5-7-11-24(21)25;23-13-16-24-14-11-19(12-15-24)22-20-7-3-1-5-17(20)9-10-18-6-2-4-8-21(18)22;9-5-8-3-1-6(2-4-8)7(10)11;1-2;;;;;/h1-10,21,25H,11-20H2,(H,30,34);4-13H,14-19H2,1-3H3,(H,28,30);1-10H,11-16,23H2;5-6H,1-4H2,(H,10,11);1H;4*1H;/q;;;;-1;;;;;. The van der Waals surface area contributed by atoms with Crippen LogP contribution in [0.2, 0.25) is 0 Å². The Bertz CT molecular complexity index is 4010. The number of fused-ring (bicyclic) bond motifs is 6. The van der Waals surface area contributed by atoms with Gasteiger partial charge >= 0.3 is 44.5 Å². The van der Waals surface area contributed by atoms with E-state index in [2.05, 4.69) is 207 Å². The van der Waals surface area contributed by atoms with Gasteiger partial charge in [0.25, 0.3) is 0 Å². The fourth-order valence-electron chi connectivity index (χ4n) is 15.0. The number of aliphatic carboxylic acids is 1. The van der Waals surface area contributed by atoms with Gasteiger partial charge in [-0.1, -0.05) is 199 Å². The van der Waals surface area contributed by atoms with Crippen molar-refractivity contribution in [3.05, 3.63) is 229 Å². The number of carbonyl (C=O) groups is 5. The summed E-state index contributed by atoms with van der Waals surface area (Å²) in [5.74, 6) is 4.00. The third kappa shape index (κ3) is 25.1. The molecule has 5 N–H and O–H groups in total. The zero-order valence-corrected chi connectivity index (χ0v) is 68.8. The summed E-state index contributed by atoms with van der Waals surface area (Å²) in [4.78, 5) is 66.6. The molecule has 14 rings (SSSR count). The molecule has 8 aliphatic rings. The van der Waals surface area contributed by atoms with Crippen molar-refractivity contribution >= 4 is 148 Å². The number of nitrogens with one attached hydrogen (secondary N) is 2. The van der Waals surface area contributed by atoms with Crippen LogP contribution in [-0.2, 0) is 41.9 Å². The molecule has 572 valence electrons. The zero-order chi connectivity index (χ0) is 72.5. The first-order valence-corrected chi connectivity index (χ1v) is 41.0. The molecular formula is C86H105Cl4N8O7SW-. The number of hydrogen-bond acceptors (Lipinski definition) is 10. The number of hydrogen-bond donors (Lipinski definition) is 4. The molecule has 5 fully saturated rings. The second kappa shape index (κ2) is 45.0. The Morgan fingerprint density at radius 2 is 0.729 bits per heavy atom. The predicted octanol–water partition coefficient (Wildman–Crippen LogP) is 15.8. The van der Waals surface area contributed by atoms with Crippen LogP contribution in [0.5, 0.6) is 0 Å². The van der Waals surface area contributed by atoms with E-state index in [1.54, 1.807) is 15.4 Å². The summed E-state index contributed by atoms with van der Waals surface area (Å²) in [5.41, 5.74) is 30.0. The van der Waals surface area contributed by atoms with E-state index in [1.807, 2.05) is 20.8 Å². The van der Waals surface area contributed by atoms with Crippen molar-refractivity contribution in [1.82, 2.24) is 35.1 Å². The molecule has 15 nitrogen and oxygen atoms in total. The molecule has 3 aliphatic carbocycles. The number of piperidine rings is 5. The first-order valence-electron chi connectivity index (χ1n) is 36.6.